The third-order valence-corrected chi connectivity index (χ3v) is 5.93. The molecule has 0 unspecified atom stereocenters. The van der Waals surface area contributed by atoms with E-state index < -0.39 is 0 Å². The maximum Gasteiger partial charge on any atom is 0.257 e. The van der Waals surface area contributed by atoms with Crippen LogP contribution in [-0.2, 0) is 0 Å². The molecule has 8 heteroatoms. The van der Waals surface area contributed by atoms with Gasteiger partial charge in [0.25, 0.3) is 5.91 Å². The van der Waals surface area contributed by atoms with Crippen molar-refractivity contribution >= 4 is 38.3 Å². The van der Waals surface area contributed by atoms with Crippen LogP contribution in [0.25, 0.3) is 5.69 Å². The van der Waals surface area contributed by atoms with Crippen LogP contribution < -0.4 is 4.90 Å². The Morgan fingerprint density at radius 3 is 2.54 bits per heavy atom. The summed E-state index contributed by atoms with van der Waals surface area (Å²) >= 11 is 5.07. The second-order valence-electron chi connectivity index (χ2n) is 6.13. The summed E-state index contributed by atoms with van der Waals surface area (Å²) in [4.78, 5) is 21.4. The quantitative estimate of drug-likeness (QED) is 0.637. The van der Waals surface area contributed by atoms with Gasteiger partial charge in [0.1, 0.15) is 0 Å². The molecule has 134 valence electrons. The van der Waals surface area contributed by atoms with Gasteiger partial charge in [-0.1, -0.05) is 15.9 Å². The third-order valence-electron chi connectivity index (χ3n) is 4.57. The summed E-state index contributed by atoms with van der Waals surface area (Å²) in [5.41, 5.74) is 2.47. The number of anilines is 1. The van der Waals surface area contributed by atoms with Crippen LogP contribution in [0.15, 0.2) is 46.5 Å². The minimum atomic E-state index is 0.0460. The summed E-state index contributed by atoms with van der Waals surface area (Å²) in [5, 5.41) is 7.43. The molecule has 0 aliphatic carbocycles. The van der Waals surface area contributed by atoms with E-state index in [0.29, 0.717) is 18.7 Å². The van der Waals surface area contributed by atoms with E-state index in [4.69, 9.17) is 0 Å². The zero-order valence-corrected chi connectivity index (χ0v) is 16.7. The average Bonchev–Trinajstić information content (AvgIpc) is 3.32. The topological polar surface area (TPSA) is 54.3 Å². The zero-order chi connectivity index (χ0) is 18.1. The van der Waals surface area contributed by atoms with Crippen molar-refractivity contribution in [3.05, 3.63) is 57.8 Å². The lowest BCUT2D eigenvalue weighted by Crippen LogP contribution is -2.48. The number of aromatic nitrogens is 3. The molecule has 1 aliphatic rings. The highest BCUT2D eigenvalue weighted by atomic mass is 79.9. The SMILES string of the molecule is Cc1c(C(=O)N2CCN(c3nccs3)CC2)cnn1-c1ccc(Br)cc1. The van der Waals surface area contributed by atoms with Gasteiger partial charge in [0.05, 0.1) is 23.1 Å². The standard InChI is InChI=1S/C18H18BrN5OS/c1-13-16(12-21-24(13)15-4-2-14(19)3-5-15)17(25)22-7-9-23(10-8-22)18-20-6-11-26-18/h2-6,11-12H,7-10H2,1H3. The summed E-state index contributed by atoms with van der Waals surface area (Å²) in [6, 6.07) is 7.89. The minimum absolute atomic E-state index is 0.0460. The molecule has 0 spiro atoms. The molecular formula is C18H18BrN5OS. The van der Waals surface area contributed by atoms with E-state index in [0.717, 1.165) is 34.1 Å². The molecule has 4 rings (SSSR count). The van der Waals surface area contributed by atoms with Gasteiger partial charge in [-0.2, -0.15) is 5.10 Å². The van der Waals surface area contributed by atoms with E-state index in [1.807, 2.05) is 52.3 Å². The molecule has 2 aromatic heterocycles. The predicted octanol–water partition coefficient (Wildman–Crippen LogP) is 3.36. The molecule has 1 amide bonds. The fourth-order valence-electron chi connectivity index (χ4n) is 3.11. The Morgan fingerprint density at radius 2 is 1.88 bits per heavy atom. The average molecular weight is 432 g/mol. The van der Waals surface area contributed by atoms with Crippen LogP contribution in [0.5, 0.6) is 0 Å². The number of thiazole rings is 1. The van der Waals surface area contributed by atoms with E-state index >= 15 is 0 Å². The van der Waals surface area contributed by atoms with E-state index in [1.54, 1.807) is 17.5 Å². The van der Waals surface area contributed by atoms with Gasteiger partial charge in [0.2, 0.25) is 0 Å². The van der Waals surface area contributed by atoms with Gasteiger partial charge in [0.15, 0.2) is 5.13 Å². The molecule has 0 atom stereocenters. The zero-order valence-electron chi connectivity index (χ0n) is 14.3. The lowest BCUT2D eigenvalue weighted by atomic mass is 10.2. The Morgan fingerprint density at radius 1 is 1.15 bits per heavy atom. The third kappa shape index (κ3) is 3.26. The number of carbonyl (C=O) groups is 1. The van der Waals surface area contributed by atoms with Crippen molar-refractivity contribution in [3.8, 4) is 5.69 Å². The maximum absolute atomic E-state index is 12.9. The number of carbonyl (C=O) groups excluding carboxylic acids is 1. The molecule has 1 fully saturated rings. The summed E-state index contributed by atoms with van der Waals surface area (Å²) in [5.74, 6) is 0.0460. The first-order valence-corrected chi connectivity index (χ1v) is 10.0. The maximum atomic E-state index is 12.9. The summed E-state index contributed by atoms with van der Waals surface area (Å²) in [6.45, 7) is 4.94. The highest BCUT2D eigenvalue weighted by molar-refractivity contribution is 9.10. The van der Waals surface area contributed by atoms with Crippen molar-refractivity contribution in [1.29, 1.82) is 0 Å². The Hall–Kier alpha value is -2.19. The van der Waals surface area contributed by atoms with Crippen LogP contribution in [0.3, 0.4) is 0 Å². The fourth-order valence-corrected chi connectivity index (χ4v) is 4.07. The van der Waals surface area contributed by atoms with Crippen molar-refractivity contribution < 1.29 is 4.79 Å². The molecule has 1 saturated heterocycles. The minimum Gasteiger partial charge on any atom is -0.345 e. The van der Waals surface area contributed by atoms with E-state index in [9.17, 15) is 4.79 Å². The lowest BCUT2D eigenvalue weighted by molar-refractivity contribution is 0.0746. The lowest BCUT2D eigenvalue weighted by Gasteiger charge is -2.34. The monoisotopic (exact) mass is 431 g/mol. The Labute approximate surface area is 164 Å². The molecule has 3 heterocycles. The Balaban J connectivity index is 1.48. The van der Waals surface area contributed by atoms with Gasteiger partial charge in [0, 0.05) is 42.2 Å². The molecule has 0 N–H and O–H groups in total. The van der Waals surface area contributed by atoms with Crippen LogP contribution in [0.4, 0.5) is 5.13 Å². The number of hydrogen-bond donors (Lipinski definition) is 0. The molecular weight excluding hydrogens is 414 g/mol. The van der Waals surface area contributed by atoms with Gasteiger partial charge >= 0.3 is 0 Å². The molecule has 6 nitrogen and oxygen atoms in total. The molecule has 0 saturated carbocycles. The van der Waals surface area contributed by atoms with Gasteiger partial charge in [-0.05, 0) is 31.2 Å². The van der Waals surface area contributed by atoms with E-state index in [-0.39, 0.29) is 5.91 Å². The van der Waals surface area contributed by atoms with Crippen molar-refractivity contribution in [1.82, 2.24) is 19.7 Å². The predicted molar refractivity (Wildman–Crippen MR) is 106 cm³/mol. The summed E-state index contributed by atoms with van der Waals surface area (Å²) in [6.07, 6.45) is 3.49. The molecule has 1 aliphatic heterocycles. The normalized spacial score (nSPS) is 14.7. The van der Waals surface area contributed by atoms with Crippen molar-refractivity contribution in [2.45, 2.75) is 6.92 Å². The Kier molecular flexibility index (Phi) is 4.78. The molecule has 0 radical (unpaired) electrons. The van der Waals surface area contributed by atoms with Crippen LogP contribution in [0.1, 0.15) is 16.1 Å². The van der Waals surface area contributed by atoms with Crippen LogP contribution in [0, 0.1) is 6.92 Å². The summed E-state index contributed by atoms with van der Waals surface area (Å²) < 4.78 is 2.83. The van der Waals surface area contributed by atoms with Crippen LogP contribution in [-0.4, -0.2) is 51.8 Å². The van der Waals surface area contributed by atoms with Gasteiger partial charge < -0.3 is 9.80 Å². The smallest absolute Gasteiger partial charge is 0.257 e. The van der Waals surface area contributed by atoms with Crippen molar-refractivity contribution in [2.24, 2.45) is 0 Å². The Bertz CT molecular complexity index is 898. The van der Waals surface area contributed by atoms with E-state index in [1.165, 1.54) is 0 Å². The second-order valence-corrected chi connectivity index (χ2v) is 7.91. The van der Waals surface area contributed by atoms with Crippen LogP contribution >= 0.6 is 27.3 Å². The number of piperazine rings is 1. The number of hydrogen-bond acceptors (Lipinski definition) is 5. The molecule has 3 aromatic rings. The highest BCUT2D eigenvalue weighted by Gasteiger charge is 2.25. The first kappa shape index (κ1) is 17.2. The van der Waals surface area contributed by atoms with Gasteiger partial charge in [-0.15, -0.1) is 11.3 Å². The van der Waals surface area contributed by atoms with Crippen molar-refractivity contribution in [3.63, 3.8) is 0 Å². The number of rotatable bonds is 3. The molecule has 26 heavy (non-hydrogen) atoms. The van der Waals surface area contributed by atoms with Gasteiger partial charge in [-0.3, -0.25) is 4.79 Å². The van der Waals surface area contributed by atoms with E-state index in [2.05, 4.69) is 30.9 Å². The van der Waals surface area contributed by atoms with Gasteiger partial charge in [-0.25, -0.2) is 9.67 Å². The number of nitrogens with zero attached hydrogens (tertiary/aromatic N) is 5. The van der Waals surface area contributed by atoms with Crippen LogP contribution in [0.2, 0.25) is 0 Å². The summed E-state index contributed by atoms with van der Waals surface area (Å²) in [7, 11) is 0. The first-order chi connectivity index (χ1) is 12.6. The number of benzene rings is 1. The number of amides is 1. The van der Waals surface area contributed by atoms with Crippen molar-refractivity contribution in [2.75, 3.05) is 31.1 Å². The fraction of sp³-hybridized carbons (Fsp3) is 0.278. The first-order valence-electron chi connectivity index (χ1n) is 8.38. The highest BCUT2D eigenvalue weighted by Crippen LogP contribution is 2.21. The molecule has 1 aromatic carbocycles. The number of halogens is 1. The largest absolute Gasteiger partial charge is 0.345 e. The second kappa shape index (κ2) is 7.20. The molecule has 0 bridgehead atoms.